The molecule has 2 heterocycles. The SMILES string of the molecule is Cc1nc(SC(C)CNCC2CCCO2)nc(C)c1C. The fourth-order valence-corrected chi connectivity index (χ4v) is 3.21. The largest absolute Gasteiger partial charge is 0.377 e. The monoisotopic (exact) mass is 295 g/mol. The first kappa shape index (κ1) is 15.7. The maximum atomic E-state index is 5.60. The Morgan fingerprint density at radius 3 is 2.60 bits per heavy atom. The Balaban J connectivity index is 1.77. The molecule has 2 unspecified atom stereocenters. The molecule has 1 aliphatic rings. The maximum Gasteiger partial charge on any atom is 0.188 e. The summed E-state index contributed by atoms with van der Waals surface area (Å²) in [5, 5.41) is 4.83. The van der Waals surface area contributed by atoms with Crippen LogP contribution in [-0.4, -0.2) is 41.0 Å². The van der Waals surface area contributed by atoms with Crippen LogP contribution in [0.1, 0.15) is 36.7 Å². The van der Waals surface area contributed by atoms with Gasteiger partial charge in [0.05, 0.1) is 6.10 Å². The van der Waals surface area contributed by atoms with Crippen molar-refractivity contribution >= 4 is 11.8 Å². The van der Waals surface area contributed by atoms with Crippen LogP contribution in [0.5, 0.6) is 0 Å². The summed E-state index contributed by atoms with van der Waals surface area (Å²) in [7, 11) is 0. The van der Waals surface area contributed by atoms with Gasteiger partial charge in [0.1, 0.15) is 0 Å². The summed E-state index contributed by atoms with van der Waals surface area (Å²) in [6.45, 7) is 11.2. The lowest BCUT2D eigenvalue weighted by Crippen LogP contribution is -2.30. The van der Waals surface area contributed by atoms with Crippen molar-refractivity contribution in [2.75, 3.05) is 19.7 Å². The molecule has 1 fully saturated rings. The van der Waals surface area contributed by atoms with Crippen LogP contribution in [0.3, 0.4) is 0 Å². The third-order valence-corrected chi connectivity index (χ3v) is 4.71. The standard InChI is InChI=1S/C15H25N3OS/c1-10(8-16-9-14-6-5-7-19-14)20-15-17-12(3)11(2)13(4)18-15/h10,14,16H,5-9H2,1-4H3. The number of aromatic nitrogens is 2. The molecule has 0 aromatic carbocycles. The van der Waals surface area contributed by atoms with Gasteiger partial charge >= 0.3 is 0 Å². The zero-order valence-electron chi connectivity index (χ0n) is 12.9. The molecule has 20 heavy (non-hydrogen) atoms. The molecule has 0 radical (unpaired) electrons. The number of thioether (sulfide) groups is 1. The van der Waals surface area contributed by atoms with Gasteiger partial charge in [-0.15, -0.1) is 0 Å². The molecule has 2 atom stereocenters. The minimum atomic E-state index is 0.410. The number of aryl methyl sites for hydroxylation is 2. The van der Waals surface area contributed by atoms with E-state index in [2.05, 4.69) is 43.0 Å². The predicted octanol–water partition coefficient (Wildman–Crippen LogP) is 2.65. The highest BCUT2D eigenvalue weighted by Crippen LogP contribution is 2.21. The van der Waals surface area contributed by atoms with Crippen molar-refractivity contribution in [3.05, 3.63) is 17.0 Å². The normalized spacial score (nSPS) is 20.3. The van der Waals surface area contributed by atoms with E-state index in [9.17, 15) is 0 Å². The maximum absolute atomic E-state index is 5.60. The molecule has 1 saturated heterocycles. The lowest BCUT2D eigenvalue weighted by atomic mass is 10.2. The van der Waals surface area contributed by atoms with Gasteiger partial charge in [-0.1, -0.05) is 18.7 Å². The van der Waals surface area contributed by atoms with E-state index in [4.69, 9.17) is 4.74 Å². The average Bonchev–Trinajstić information content (AvgIpc) is 2.89. The van der Waals surface area contributed by atoms with E-state index in [0.29, 0.717) is 11.4 Å². The average molecular weight is 295 g/mol. The van der Waals surface area contributed by atoms with Crippen molar-refractivity contribution in [2.24, 2.45) is 0 Å². The van der Waals surface area contributed by atoms with Crippen molar-refractivity contribution < 1.29 is 4.74 Å². The highest BCUT2D eigenvalue weighted by molar-refractivity contribution is 7.99. The third-order valence-electron chi connectivity index (χ3n) is 3.75. The Bertz CT molecular complexity index is 424. The lowest BCUT2D eigenvalue weighted by molar-refractivity contribution is 0.110. The second-order valence-electron chi connectivity index (χ2n) is 5.52. The molecule has 0 saturated carbocycles. The van der Waals surface area contributed by atoms with Gasteiger partial charge < -0.3 is 10.1 Å². The fraction of sp³-hybridized carbons (Fsp3) is 0.733. The highest BCUT2D eigenvalue weighted by atomic mass is 32.2. The molecule has 1 aliphatic heterocycles. The van der Waals surface area contributed by atoms with Gasteiger partial charge in [-0.25, -0.2) is 9.97 Å². The van der Waals surface area contributed by atoms with E-state index in [1.165, 1.54) is 18.4 Å². The van der Waals surface area contributed by atoms with E-state index in [1.807, 2.05) is 0 Å². The van der Waals surface area contributed by atoms with Gasteiger partial charge in [-0.2, -0.15) is 0 Å². The molecular weight excluding hydrogens is 270 g/mol. The Morgan fingerprint density at radius 2 is 2.00 bits per heavy atom. The molecule has 1 aromatic rings. The van der Waals surface area contributed by atoms with Crippen molar-refractivity contribution in [1.82, 2.24) is 15.3 Å². The molecule has 0 bridgehead atoms. The van der Waals surface area contributed by atoms with Crippen LogP contribution < -0.4 is 5.32 Å². The number of hydrogen-bond acceptors (Lipinski definition) is 5. The number of nitrogens with zero attached hydrogens (tertiary/aromatic N) is 2. The molecular formula is C15H25N3OS. The number of ether oxygens (including phenoxy) is 1. The Hall–Kier alpha value is -0.650. The smallest absolute Gasteiger partial charge is 0.188 e. The van der Waals surface area contributed by atoms with E-state index in [0.717, 1.165) is 36.2 Å². The molecule has 4 nitrogen and oxygen atoms in total. The van der Waals surface area contributed by atoms with Crippen LogP contribution in [0.4, 0.5) is 0 Å². The first-order valence-corrected chi connectivity index (χ1v) is 8.25. The number of hydrogen-bond donors (Lipinski definition) is 1. The van der Waals surface area contributed by atoms with Crippen LogP contribution in [0, 0.1) is 20.8 Å². The number of nitrogens with one attached hydrogen (secondary N) is 1. The van der Waals surface area contributed by atoms with E-state index >= 15 is 0 Å². The molecule has 0 amide bonds. The summed E-state index contributed by atoms with van der Waals surface area (Å²) in [5.74, 6) is 0. The molecule has 2 rings (SSSR count). The van der Waals surface area contributed by atoms with Crippen LogP contribution in [0.2, 0.25) is 0 Å². The van der Waals surface area contributed by atoms with E-state index in [-0.39, 0.29) is 0 Å². The third kappa shape index (κ3) is 4.43. The van der Waals surface area contributed by atoms with Crippen molar-refractivity contribution in [3.8, 4) is 0 Å². The van der Waals surface area contributed by atoms with Crippen LogP contribution in [0.15, 0.2) is 5.16 Å². The van der Waals surface area contributed by atoms with Crippen LogP contribution in [0.25, 0.3) is 0 Å². The Labute approximate surface area is 126 Å². The summed E-state index contributed by atoms with van der Waals surface area (Å²) < 4.78 is 5.60. The first-order chi connectivity index (χ1) is 9.56. The molecule has 0 aliphatic carbocycles. The zero-order valence-corrected chi connectivity index (χ0v) is 13.7. The van der Waals surface area contributed by atoms with E-state index < -0.39 is 0 Å². The molecule has 1 aromatic heterocycles. The quantitative estimate of drug-likeness (QED) is 0.646. The minimum absolute atomic E-state index is 0.410. The fourth-order valence-electron chi connectivity index (χ4n) is 2.27. The topological polar surface area (TPSA) is 47.0 Å². The molecule has 0 spiro atoms. The second-order valence-corrected chi connectivity index (χ2v) is 6.93. The van der Waals surface area contributed by atoms with Crippen molar-refractivity contribution in [2.45, 2.75) is 57.0 Å². The van der Waals surface area contributed by atoms with Gasteiger partial charge in [-0.05, 0) is 39.2 Å². The lowest BCUT2D eigenvalue weighted by Gasteiger charge is -2.15. The van der Waals surface area contributed by atoms with Crippen molar-refractivity contribution in [1.29, 1.82) is 0 Å². The van der Waals surface area contributed by atoms with Crippen LogP contribution in [-0.2, 0) is 4.74 Å². The van der Waals surface area contributed by atoms with Crippen LogP contribution >= 0.6 is 11.8 Å². The minimum Gasteiger partial charge on any atom is -0.377 e. The van der Waals surface area contributed by atoms with Gasteiger partial charge in [0, 0.05) is 36.3 Å². The second kappa shape index (κ2) is 7.38. The Kier molecular flexibility index (Phi) is 5.81. The van der Waals surface area contributed by atoms with Gasteiger partial charge in [0.25, 0.3) is 0 Å². The molecule has 112 valence electrons. The van der Waals surface area contributed by atoms with E-state index in [1.54, 1.807) is 11.8 Å². The highest BCUT2D eigenvalue weighted by Gasteiger charge is 2.15. The van der Waals surface area contributed by atoms with Gasteiger partial charge in [0.15, 0.2) is 5.16 Å². The summed E-state index contributed by atoms with van der Waals surface area (Å²) in [5.41, 5.74) is 3.36. The summed E-state index contributed by atoms with van der Waals surface area (Å²) >= 11 is 1.74. The summed E-state index contributed by atoms with van der Waals surface area (Å²) in [6.07, 6.45) is 2.80. The molecule has 1 N–H and O–H groups in total. The summed E-state index contributed by atoms with van der Waals surface area (Å²) in [6, 6.07) is 0. The summed E-state index contributed by atoms with van der Waals surface area (Å²) in [4.78, 5) is 9.12. The Morgan fingerprint density at radius 1 is 1.30 bits per heavy atom. The van der Waals surface area contributed by atoms with Gasteiger partial charge in [0.2, 0.25) is 0 Å². The first-order valence-electron chi connectivity index (χ1n) is 7.37. The van der Waals surface area contributed by atoms with Gasteiger partial charge in [-0.3, -0.25) is 0 Å². The predicted molar refractivity (Wildman–Crippen MR) is 83.4 cm³/mol. The number of rotatable bonds is 6. The van der Waals surface area contributed by atoms with Crippen molar-refractivity contribution in [3.63, 3.8) is 0 Å². The zero-order chi connectivity index (χ0) is 14.5. The molecule has 5 heteroatoms.